The summed E-state index contributed by atoms with van der Waals surface area (Å²) in [6, 6.07) is 65.1. The number of hydrogen-bond donors (Lipinski definition) is 0. The van der Waals surface area contributed by atoms with Crippen LogP contribution in [0.15, 0.2) is 170 Å². The van der Waals surface area contributed by atoms with E-state index in [1.165, 1.54) is 16.7 Å². The van der Waals surface area contributed by atoms with Gasteiger partial charge in [-0.05, 0) is 80.4 Å². The molecular weight excluding hydrogens is 940 g/mol. The summed E-state index contributed by atoms with van der Waals surface area (Å²) in [5, 5.41) is 2.23. The molecule has 1 aliphatic rings. The zero-order chi connectivity index (χ0) is 41.9. The van der Waals surface area contributed by atoms with Gasteiger partial charge in [0.05, 0.1) is 0 Å². The van der Waals surface area contributed by atoms with Gasteiger partial charge in [0, 0.05) is 66.9 Å². The van der Waals surface area contributed by atoms with Gasteiger partial charge in [-0.15, -0.1) is 48.1 Å². The van der Waals surface area contributed by atoms with E-state index in [9.17, 15) is 0 Å². The molecule has 310 valence electrons. The smallest absolute Gasteiger partial charge is 0.135 e. The van der Waals surface area contributed by atoms with E-state index < -0.39 is 0 Å². The van der Waals surface area contributed by atoms with Gasteiger partial charge in [0.2, 0.25) is 0 Å². The Bertz CT molecular complexity index is 3070. The topological polar surface area (TPSA) is 33.5 Å². The van der Waals surface area contributed by atoms with E-state index in [-0.39, 0.29) is 31.9 Å². The number of rotatable bonds is 7. The van der Waals surface area contributed by atoms with Crippen molar-refractivity contribution in [1.82, 2.24) is 9.55 Å². The molecule has 1 aliphatic heterocycles. The van der Waals surface area contributed by atoms with Crippen LogP contribution in [0.1, 0.15) is 52.7 Å². The van der Waals surface area contributed by atoms with Crippen LogP contribution in [0.5, 0.6) is 11.5 Å². The maximum atomic E-state index is 6.66. The third kappa shape index (κ3) is 7.60. The summed E-state index contributed by atoms with van der Waals surface area (Å²) >= 11 is 0. The second kappa shape index (κ2) is 16.1. The summed E-state index contributed by atoms with van der Waals surface area (Å²) in [6.45, 7) is 15.7. The molecule has 2 aromatic heterocycles. The van der Waals surface area contributed by atoms with Gasteiger partial charge in [0.25, 0.3) is 0 Å². The first kappa shape index (κ1) is 41.0. The average Bonchev–Trinajstić information content (AvgIpc) is 3.82. The molecule has 0 fully saturated rings. The van der Waals surface area contributed by atoms with Crippen molar-refractivity contribution >= 4 is 44.6 Å². The van der Waals surface area contributed by atoms with Crippen LogP contribution in [-0.2, 0) is 31.9 Å². The Morgan fingerprint density at radius 1 is 0.516 bits per heavy atom. The fourth-order valence-corrected chi connectivity index (χ4v) is 8.35. The predicted octanol–water partition coefficient (Wildman–Crippen LogP) is 14.9. The van der Waals surface area contributed by atoms with Gasteiger partial charge in [-0.1, -0.05) is 144 Å². The van der Waals surface area contributed by atoms with Crippen molar-refractivity contribution in [1.29, 1.82) is 0 Å². The number of aromatic nitrogens is 2. The number of ether oxygens (including phenoxy) is 1. The summed E-state index contributed by atoms with van der Waals surface area (Å²) in [4.78, 5) is 9.41. The summed E-state index contributed by atoms with van der Waals surface area (Å²) in [5.41, 5.74) is 13.2. The minimum atomic E-state index is -0.0427. The quantitative estimate of drug-likeness (QED) is 0.149. The SMILES string of the molecule is CC(C)(C)c1ccnc(-n2c3[c-]c(Oc4[c-]c(N5[CH-]N(c6cc(C(C)(C)C)ccc6-c6ccccc6)c6cc(-c7ccccc7)ccc65)ccc4)ccc3c3ccccc32)c1.[Pt]. The first-order chi connectivity index (χ1) is 29.5. The van der Waals surface area contributed by atoms with Crippen LogP contribution in [0.4, 0.5) is 22.7 Å². The van der Waals surface area contributed by atoms with Crippen molar-refractivity contribution in [2.24, 2.45) is 0 Å². The van der Waals surface area contributed by atoms with Crippen molar-refractivity contribution in [2.75, 3.05) is 9.80 Å². The molecule has 9 aromatic rings. The van der Waals surface area contributed by atoms with E-state index in [0.29, 0.717) is 11.5 Å². The summed E-state index contributed by atoms with van der Waals surface area (Å²) in [6.07, 6.45) is 1.90. The van der Waals surface area contributed by atoms with Crippen LogP contribution in [0.3, 0.4) is 0 Å². The minimum Gasteiger partial charge on any atom is -0.509 e. The Morgan fingerprint density at radius 3 is 1.97 bits per heavy atom. The van der Waals surface area contributed by atoms with Crippen molar-refractivity contribution in [3.8, 4) is 39.6 Å². The van der Waals surface area contributed by atoms with Crippen LogP contribution in [0.2, 0.25) is 0 Å². The van der Waals surface area contributed by atoms with Gasteiger partial charge < -0.3 is 19.1 Å². The Labute approximate surface area is 379 Å². The molecule has 5 nitrogen and oxygen atoms in total. The van der Waals surface area contributed by atoms with E-state index >= 15 is 0 Å². The van der Waals surface area contributed by atoms with E-state index in [0.717, 1.165) is 67.1 Å². The van der Waals surface area contributed by atoms with Crippen LogP contribution < -0.4 is 14.5 Å². The Balaban J connectivity index is 0.00000490. The molecule has 0 saturated carbocycles. The second-order valence-electron chi connectivity index (χ2n) is 17.9. The zero-order valence-electron chi connectivity index (χ0n) is 35.8. The number of nitrogens with zero attached hydrogens (tertiary/aromatic N) is 4. The fourth-order valence-electron chi connectivity index (χ4n) is 8.35. The van der Waals surface area contributed by atoms with E-state index in [1.54, 1.807) is 0 Å². The molecule has 0 spiro atoms. The first-order valence-electron chi connectivity index (χ1n) is 21.0. The van der Waals surface area contributed by atoms with Gasteiger partial charge in [-0.25, -0.2) is 4.98 Å². The number of para-hydroxylation sites is 1. The van der Waals surface area contributed by atoms with Crippen molar-refractivity contribution < 1.29 is 25.8 Å². The maximum absolute atomic E-state index is 6.66. The summed E-state index contributed by atoms with van der Waals surface area (Å²) < 4.78 is 8.85. The first-order valence-corrected chi connectivity index (χ1v) is 21.0. The third-order valence-corrected chi connectivity index (χ3v) is 11.7. The van der Waals surface area contributed by atoms with Gasteiger partial charge in [-0.2, -0.15) is 12.1 Å². The fraction of sp³-hybridized carbons (Fsp3) is 0.143. The molecule has 0 aliphatic carbocycles. The summed E-state index contributed by atoms with van der Waals surface area (Å²) in [5.74, 6) is 2.05. The molecule has 62 heavy (non-hydrogen) atoms. The molecular formula is C56H47N4OPt-3. The standard InChI is InChI=1S/C56H47N4O.Pt/c1-55(2,3)41-25-27-46(39-18-11-8-12-19-39)51(33-41)59-37-58(50-29-24-40(32-53(50)59)38-16-9-7-10-17-38)43-20-15-21-44(35-43)61-45-26-28-48-47-22-13-14-23-49(47)60(52(48)36-45)54-34-42(30-31-57-54)56(4,5)6;/h7-34,37H,1-6H3;/q-3;. The normalized spacial score (nSPS) is 12.7. The van der Waals surface area contributed by atoms with Crippen LogP contribution in [0.25, 0.3) is 49.9 Å². The number of fused-ring (bicyclic) bond motifs is 4. The van der Waals surface area contributed by atoms with Crippen molar-refractivity contribution in [2.45, 2.75) is 52.4 Å². The Hall–Kier alpha value is -6.42. The molecule has 7 aromatic carbocycles. The van der Waals surface area contributed by atoms with Gasteiger partial charge >= 0.3 is 0 Å². The van der Waals surface area contributed by atoms with E-state index in [1.807, 2.05) is 24.4 Å². The van der Waals surface area contributed by atoms with Crippen LogP contribution in [0, 0.1) is 18.8 Å². The number of benzene rings is 7. The molecule has 10 rings (SSSR count). The van der Waals surface area contributed by atoms with Crippen LogP contribution >= 0.6 is 0 Å². The van der Waals surface area contributed by atoms with Crippen LogP contribution in [-0.4, -0.2) is 9.55 Å². The van der Waals surface area contributed by atoms with Gasteiger partial charge in [0.15, 0.2) is 0 Å². The number of anilines is 4. The molecule has 0 amide bonds. The van der Waals surface area contributed by atoms with Gasteiger partial charge in [-0.3, -0.25) is 0 Å². The molecule has 0 unspecified atom stereocenters. The van der Waals surface area contributed by atoms with E-state index in [4.69, 9.17) is 9.72 Å². The van der Waals surface area contributed by atoms with E-state index in [2.05, 4.69) is 220 Å². The number of pyridine rings is 1. The Morgan fingerprint density at radius 2 is 1.21 bits per heavy atom. The largest absolute Gasteiger partial charge is 0.509 e. The molecule has 6 heteroatoms. The minimum absolute atomic E-state index is 0. The monoisotopic (exact) mass is 986 g/mol. The summed E-state index contributed by atoms with van der Waals surface area (Å²) in [7, 11) is 0. The van der Waals surface area contributed by atoms with Crippen molar-refractivity contribution in [3.63, 3.8) is 0 Å². The molecule has 0 radical (unpaired) electrons. The average molecular weight is 987 g/mol. The number of hydrogen-bond acceptors (Lipinski definition) is 4. The maximum Gasteiger partial charge on any atom is 0.135 e. The molecule has 0 saturated heterocycles. The molecule has 0 bridgehead atoms. The zero-order valence-corrected chi connectivity index (χ0v) is 38.0. The second-order valence-corrected chi connectivity index (χ2v) is 17.9. The molecule has 3 heterocycles. The van der Waals surface area contributed by atoms with Gasteiger partial charge in [0.1, 0.15) is 5.82 Å². The molecule has 0 N–H and O–H groups in total. The predicted molar refractivity (Wildman–Crippen MR) is 252 cm³/mol. The Kier molecular flexibility index (Phi) is 10.7. The van der Waals surface area contributed by atoms with Crippen molar-refractivity contribution in [3.05, 3.63) is 200 Å². The third-order valence-electron chi connectivity index (χ3n) is 11.7. The molecule has 0 atom stereocenters.